The van der Waals surface area contributed by atoms with Gasteiger partial charge < -0.3 is 5.32 Å². The number of carbonyl (C=O) groups is 1. The fourth-order valence-corrected chi connectivity index (χ4v) is 2.74. The van der Waals surface area contributed by atoms with Crippen molar-refractivity contribution in [2.75, 3.05) is 16.3 Å². The summed E-state index contributed by atoms with van der Waals surface area (Å²) in [5.74, 6) is -0.297. The number of hydrogen-bond donors (Lipinski definition) is 2. The standard InChI is InChI=1S/C12H13N3O3S2/c1-8-5-9(3-4-10(8)15-20(2,17)18)14-12(16)11-6-19-7-13-11/h3-7,15H,1-2H3,(H,14,16). The number of nitrogens with one attached hydrogen (secondary N) is 2. The van der Waals surface area contributed by atoms with Crippen LogP contribution in [0.2, 0.25) is 0 Å². The normalized spacial score (nSPS) is 11.1. The number of aryl methyl sites for hydroxylation is 1. The van der Waals surface area contributed by atoms with E-state index in [2.05, 4.69) is 15.0 Å². The average Bonchev–Trinajstić information content (AvgIpc) is 2.85. The zero-order valence-corrected chi connectivity index (χ0v) is 12.5. The Balaban J connectivity index is 2.15. The van der Waals surface area contributed by atoms with Crippen LogP contribution in [0.1, 0.15) is 16.1 Å². The number of nitrogens with zero attached hydrogens (tertiary/aromatic N) is 1. The fraction of sp³-hybridized carbons (Fsp3) is 0.167. The molecule has 0 aliphatic carbocycles. The smallest absolute Gasteiger partial charge is 0.275 e. The average molecular weight is 311 g/mol. The van der Waals surface area contributed by atoms with Crippen molar-refractivity contribution in [2.45, 2.75) is 6.92 Å². The third kappa shape index (κ3) is 3.78. The Labute approximate surface area is 120 Å². The Morgan fingerprint density at radius 2 is 2.10 bits per heavy atom. The fourth-order valence-electron chi connectivity index (χ4n) is 1.58. The van der Waals surface area contributed by atoms with Gasteiger partial charge in [-0.2, -0.15) is 0 Å². The van der Waals surface area contributed by atoms with Crippen LogP contribution in [-0.4, -0.2) is 25.6 Å². The third-order valence-electron chi connectivity index (χ3n) is 2.44. The van der Waals surface area contributed by atoms with E-state index in [1.54, 1.807) is 36.0 Å². The number of anilines is 2. The SMILES string of the molecule is Cc1cc(NC(=O)c2cscn2)ccc1NS(C)(=O)=O. The van der Waals surface area contributed by atoms with Crippen LogP contribution in [0.4, 0.5) is 11.4 Å². The predicted molar refractivity (Wildman–Crippen MR) is 79.7 cm³/mol. The molecule has 1 aromatic heterocycles. The zero-order chi connectivity index (χ0) is 14.8. The number of hydrogen-bond acceptors (Lipinski definition) is 5. The maximum absolute atomic E-state index is 11.8. The molecule has 106 valence electrons. The van der Waals surface area contributed by atoms with Crippen molar-refractivity contribution in [3.63, 3.8) is 0 Å². The summed E-state index contributed by atoms with van der Waals surface area (Å²) in [5.41, 5.74) is 3.72. The number of rotatable bonds is 4. The molecule has 0 saturated carbocycles. The number of aromatic nitrogens is 1. The molecule has 0 fully saturated rings. The van der Waals surface area contributed by atoms with E-state index < -0.39 is 10.0 Å². The first-order chi connectivity index (χ1) is 9.35. The number of thiazole rings is 1. The lowest BCUT2D eigenvalue weighted by Gasteiger charge is -2.10. The van der Waals surface area contributed by atoms with E-state index >= 15 is 0 Å². The van der Waals surface area contributed by atoms with Crippen molar-refractivity contribution in [3.05, 3.63) is 40.3 Å². The Morgan fingerprint density at radius 3 is 2.65 bits per heavy atom. The molecule has 0 spiro atoms. The molecule has 6 nitrogen and oxygen atoms in total. The largest absolute Gasteiger partial charge is 0.321 e. The highest BCUT2D eigenvalue weighted by atomic mass is 32.2. The van der Waals surface area contributed by atoms with Crippen LogP contribution in [0.25, 0.3) is 0 Å². The van der Waals surface area contributed by atoms with E-state index in [4.69, 9.17) is 0 Å². The second kappa shape index (κ2) is 5.59. The minimum Gasteiger partial charge on any atom is -0.321 e. The van der Waals surface area contributed by atoms with Crippen LogP contribution in [0.5, 0.6) is 0 Å². The van der Waals surface area contributed by atoms with E-state index in [1.165, 1.54) is 11.3 Å². The monoisotopic (exact) mass is 311 g/mol. The molecular formula is C12H13N3O3S2. The van der Waals surface area contributed by atoms with E-state index in [9.17, 15) is 13.2 Å². The summed E-state index contributed by atoms with van der Waals surface area (Å²) in [4.78, 5) is 15.7. The van der Waals surface area contributed by atoms with Gasteiger partial charge >= 0.3 is 0 Å². The highest BCUT2D eigenvalue weighted by molar-refractivity contribution is 7.92. The first-order valence-corrected chi connectivity index (χ1v) is 8.46. The second-order valence-corrected chi connectivity index (χ2v) is 6.70. The summed E-state index contributed by atoms with van der Waals surface area (Å²) in [5, 5.41) is 4.36. The number of benzene rings is 1. The third-order valence-corrected chi connectivity index (χ3v) is 3.62. The molecule has 20 heavy (non-hydrogen) atoms. The minimum absolute atomic E-state index is 0.297. The number of amides is 1. The maximum atomic E-state index is 11.8. The number of sulfonamides is 1. The van der Waals surface area contributed by atoms with Crippen molar-refractivity contribution >= 4 is 38.6 Å². The van der Waals surface area contributed by atoms with Gasteiger partial charge in [0.1, 0.15) is 5.69 Å². The predicted octanol–water partition coefficient (Wildman–Crippen LogP) is 2.08. The molecule has 2 N–H and O–H groups in total. The van der Waals surface area contributed by atoms with Gasteiger partial charge in [0, 0.05) is 11.1 Å². The summed E-state index contributed by atoms with van der Waals surface area (Å²) in [6.45, 7) is 1.76. The quantitative estimate of drug-likeness (QED) is 0.905. The molecule has 0 radical (unpaired) electrons. The van der Waals surface area contributed by atoms with Gasteiger partial charge in [-0.05, 0) is 30.7 Å². The van der Waals surface area contributed by atoms with Gasteiger partial charge in [0.2, 0.25) is 10.0 Å². The molecule has 0 unspecified atom stereocenters. The molecule has 0 aliphatic rings. The van der Waals surface area contributed by atoms with Crippen molar-refractivity contribution in [3.8, 4) is 0 Å². The van der Waals surface area contributed by atoms with E-state index in [-0.39, 0.29) is 5.91 Å². The lowest BCUT2D eigenvalue weighted by molar-refractivity contribution is 0.102. The Bertz CT molecular complexity index is 724. The summed E-state index contributed by atoms with van der Waals surface area (Å²) in [7, 11) is -3.32. The zero-order valence-electron chi connectivity index (χ0n) is 10.9. The first kappa shape index (κ1) is 14.5. The molecule has 0 atom stereocenters. The van der Waals surface area contributed by atoms with Crippen LogP contribution in [0.3, 0.4) is 0 Å². The van der Waals surface area contributed by atoms with Crippen molar-refractivity contribution in [1.29, 1.82) is 0 Å². The van der Waals surface area contributed by atoms with E-state index in [0.717, 1.165) is 6.26 Å². The van der Waals surface area contributed by atoms with Gasteiger partial charge in [-0.15, -0.1) is 11.3 Å². The summed E-state index contributed by atoms with van der Waals surface area (Å²) < 4.78 is 24.8. The molecule has 0 saturated heterocycles. The molecule has 8 heteroatoms. The van der Waals surface area contributed by atoms with Crippen LogP contribution < -0.4 is 10.0 Å². The summed E-state index contributed by atoms with van der Waals surface area (Å²) in [6, 6.07) is 4.93. The van der Waals surface area contributed by atoms with Crippen LogP contribution >= 0.6 is 11.3 Å². The summed E-state index contributed by atoms with van der Waals surface area (Å²) >= 11 is 1.34. The van der Waals surface area contributed by atoms with Gasteiger partial charge in [-0.25, -0.2) is 13.4 Å². The lowest BCUT2D eigenvalue weighted by Crippen LogP contribution is -2.13. The van der Waals surface area contributed by atoms with Gasteiger partial charge in [0.05, 0.1) is 17.5 Å². The molecule has 2 rings (SSSR count). The topological polar surface area (TPSA) is 88.2 Å². The Kier molecular flexibility index (Phi) is 4.05. The van der Waals surface area contributed by atoms with Gasteiger partial charge in [0.25, 0.3) is 5.91 Å². The molecule has 1 heterocycles. The van der Waals surface area contributed by atoms with Crippen LogP contribution in [0.15, 0.2) is 29.1 Å². The van der Waals surface area contributed by atoms with Crippen LogP contribution in [0, 0.1) is 6.92 Å². The number of carbonyl (C=O) groups excluding carboxylic acids is 1. The lowest BCUT2D eigenvalue weighted by atomic mass is 10.2. The van der Waals surface area contributed by atoms with Gasteiger partial charge in [-0.1, -0.05) is 0 Å². The van der Waals surface area contributed by atoms with E-state index in [0.29, 0.717) is 22.6 Å². The molecule has 0 bridgehead atoms. The highest BCUT2D eigenvalue weighted by Gasteiger charge is 2.10. The van der Waals surface area contributed by atoms with Crippen molar-refractivity contribution in [1.82, 2.24) is 4.98 Å². The van der Waals surface area contributed by atoms with Crippen molar-refractivity contribution < 1.29 is 13.2 Å². The maximum Gasteiger partial charge on any atom is 0.275 e. The molecular weight excluding hydrogens is 298 g/mol. The van der Waals surface area contributed by atoms with Gasteiger partial charge in [-0.3, -0.25) is 9.52 Å². The minimum atomic E-state index is -3.32. The van der Waals surface area contributed by atoms with Crippen molar-refractivity contribution in [2.24, 2.45) is 0 Å². The Morgan fingerprint density at radius 1 is 1.35 bits per heavy atom. The van der Waals surface area contributed by atoms with Crippen LogP contribution in [-0.2, 0) is 10.0 Å². The first-order valence-electron chi connectivity index (χ1n) is 5.63. The highest BCUT2D eigenvalue weighted by Crippen LogP contribution is 2.21. The molecule has 1 aromatic carbocycles. The molecule has 1 amide bonds. The molecule has 0 aliphatic heterocycles. The van der Waals surface area contributed by atoms with Gasteiger partial charge in [0.15, 0.2) is 0 Å². The molecule has 2 aromatic rings. The Hall–Kier alpha value is -1.93. The van der Waals surface area contributed by atoms with E-state index in [1.807, 2.05) is 0 Å². The second-order valence-electron chi connectivity index (χ2n) is 4.23. The summed E-state index contributed by atoms with van der Waals surface area (Å²) in [6.07, 6.45) is 1.09.